The number of carboxylic acids is 1. The van der Waals surface area contributed by atoms with Gasteiger partial charge in [-0.1, -0.05) is 12.1 Å². The largest absolute Gasteiger partial charge is 0.481 e. The molecule has 94 valence electrons. The molecule has 7 heteroatoms. The lowest BCUT2D eigenvalue weighted by atomic mass is 9.94. The summed E-state index contributed by atoms with van der Waals surface area (Å²) in [6.45, 7) is 0. The highest BCUT2D eigenvalue weighted by Crippen LogP contribution is 2.39. The average molecular weight is 251 g/mol. The second-order valence-corrected chi connectivity index (χ2v) is 3.88. The molecule has 0 amide bonds. The smallest absolute Gasteiger partial charge is 0.311 e. The third-order valence-electron chi connectivity index (χ3n) is 2.77. The molecule has 2 atom stereocenters. The Kier molecular flexibility index (Phi) is 2.97. The minimum Gasteiger partial charge on any atom is -0.481 e. The number of carboxylic acid groups (broad SMARTS) is 1. The van der Waals surface area contributed by atoms with Crippen LogP contribution in [0.25, 0.3) is 0 Å². The number of aliphatic carboxylic acids is 1. The fraction of sp³-hybridized carbons (Fsp3) is 0.273. The molecule has 1 heterocycles. The van der Waals surface area contributed by atoms with Crippen LogP contribution in [-0.2, 0) is 14.3 Å². The van der Waals surface area contributed by atoms with E-state index in [1.807, 2.05) is 0 Å². The van der Waals surface area contributed by atoms with Crippen molar-refractivity contribution in [1.29, 1.82) is 0 Å². The van der Waals surface area contributed by atoms with Gasteiger partial charge in [0.2, 0.25) is 0 Å². The Morgan fingerprint density at radius 3 is 2.72 bits per heavy atom. The van der Waals surface area contributed by atoms with Gasteiger partial charge in [-0.2, -0.15) is 0 Å². The van der Waals surface area contributed by atoms with Gasteiger partial charge in [-0.25, -0.2) is 0 Å². The van der Waals surface area contributed by atoms with Crippen LogP contribution in [0, 0.1) is 16.0 Å². The molecule has 0 bridgehead atoms. The Balaban J connectivity index is 2.44. The standard InChI is InChI=1S/C11H9NO6/c13-9-5-7(11(14)15)10(18-9)6-3-1-2-4-8(6)12(16)17/h1-4,7,10H,5H2,(H,14,15)/t7-,10+/m0/s1. The molecule has 0 aromatic heterocycles. The lowest BCUT2D eigenvalue weighted by Gasteiger charge is -2.14. The Morgan fingerprint density at radius 1 is 1.44 bits per heavy atom. The molecule has 0 radical (unpaired) electrons. The number of ether oxygens (including phenoxy) is 1. The molecule has 2 rings (SSSR count). The van der Waals surface area contributed by atoms with E-state index in [0.29, 0.717) is 0 Å². The van der Waals surface area contributed by atoms with E-state index >= 15 is 0 Å². The van der Waals surface area contributed by atoms with E-state index in [2.05, 4.69) is 0 Å². The van der Waals surface area contributed by atoms with Gasteiger partial charge in [0.15, 0.2) is 0 Å². The molecule has 1 N–H and O–H groups in total. The van der Waals surface area contributed by atoms with Crippen molar-refractivity contribution in [3.05, 3.63) is 39.9 Å². The first-order valence-corrected chi connectivity index (χ1v) is 5.16. The summed E-state index contributed by atoms with van der Waals surface area (Å²) >= 11 is 0. The van der Waals surface area contributed by atoms with Gasteiger partial charge in [0.1, 0.15) is 12.0 Å². The highest BCUT2D eigenvalue weighted by atomic mass is 16.6. The van der Waals surface area contributed by atoms with Gasteiger partial charge in [-0.05, 0) is 6.07 Å². The quantitative estimate of drug-likeness (QED) is 0.492. The maximum Gasteiger partial charge on any atom is 0.311 e. The minimum absolute atomic E-state index is 0.112. The summed E-state index contributed by atoms with van der Waals surface area (Å²) in [6, 6.07) is 5.65. The van der Waals surface area contributed by atoms with Crippen LogP contribution in [0.5, 0.6) is 0 Å². The average Bonchev–Trinajstić information content (AvgIpc) is 2.71. The zero-order valence-corrected chi connectivity index (χ0v) is 9.11. The number of benzene rings is 1. The number of para-hydroxylation sites is 1. The Morgan fingerprint density at radius 2 is 2.11 bits per heavy atom. The lowest BCUT2D eigenvalue weighted by Crippen LogP contribution is -2.18. The van der Waals surface area contributed by atoms with Crippen molar-refractivity contribution in [2.75, 3.05) is 0 Å². The van der Waals surface area contributed by atoms with Crippen LogP contribution < -0.4 is 0 Å². The van der Waals surface area contributed by atoms with Crippen LogP contribution in [0.2, 0.25) is 0 Å². The first kappa shape index (κ1) is 12.0. The Labute approximate surface area is 101 Å². The van der Waals surface area contributed by atoms with Crippen LogP contribution in [0.15, 0.2) is 24.3 Å². The van der Waals surface area contributed by atoms with Crippen molar-refractivity contribution < 1.29 is 24.4 Å². The number of hydrogen-bond acceptors (Lipinski definition) is 5. The molecule has 0 unspecified atom stereocenters. The number of nitro benzene ring substituents is 1. The molecule has 0 aliphatic carbocycles. The second kappa shape index (κ2) is 4.44. The third kappa shape index (κ3) is 2.02. The number of hydrogen-bond donors (Lipinski definition) is 1. The van der Waals surface area contributed by atoms with Gasteiger partial charge in [0.05, 0.1) is 16.9 Å². The molecule has 0 saturated carbocycles. The lowest BCUT2D eigenvalue weighted by molar-refractivity contribution is -0.386. The van der Waals surface area contributed by atoms with E-state index in [1.54, 1.807) is 0 Å². The number of carbonyl (C=O) groups excluding carboxylic acids is 1. The van der Waals surface area contributed by atoms with Gasteiger partial charge >= 0.3 is 11.9 Å². The van der Waals surface area contributed by atoms with E-state index in [0.717, 1.165) is 0 Å². The van der Waals surface area contributed by atoms with Crippen molar-refractivity contribution >= 4 is 17.6 Å². The van der Waals surface area contributed by atoms with Gasteiger partial charge in [-0.15, -0.1) is 0 Å². The van der Waals surface area contributed by atoms with Crippen molar-refractivity contribution in [1.82, 2.24) is 0 Å². The molecule has 18 heavy (non-hydrogen) atoms. The van der Waals surface area contributed by atoms with Gasteiger partial charge in [0, 0.05) is 6.07 Å². The van der Waals surface area contributed by atoms with Crippen LogP contribution in [0.1, 0.15) is 18.1 Å². The highest BCUT2D eigenvalue weighted by molar-refractivity contribution is 5.83. The zero-order valence-electron chi connectivity index (χ0n) is 9.11. The molecule has 1 saturated heterocycles. The monoisotopic (exact) mass is 251 g/mol. The predicted molar refractivity (Wildman–Crippen MR) is 57.7 cm³/mol. The molecule has 1 fully saturated rings. The van der Waals surface area contributed by atoms with Crippen molar-refractivity contribution in [3.8, 4) is 0 Å². The maximum atomic E-state index is 11.2. The predicted octanol–water partition coefficient (Wildman–Crippen LogP) is 1.28. The number of nitrogens with zero attached hydrogens (tertiary/aromatic N) is 1. The van der Waals surface area contributed by atoms with Crippen molar-refractivity contribution in [2.24, 2.45) is 5.92 Å². The molecule has 1 aliphatic heterocycles. The number of carbonyl (C=O) groups is 2. The minimum atomic E-state index is -1.20. The maximum absolute atomic E-state index is 11.2. The number of cyclic esters (lactones) is 1. The Hall–Kier alpha value is -2.44. The molecule has 0 spiro atoms. The summed E-state index contributed by atoms with van der Waals surface area (Å²) in [4.78, 5) is 32.4. The van der Waals surface area contributed by atoms with E-state index in [1.165, 1.54) is 24.3 Å². The van der Waals surface area contributed by atoms with E-state index in [9.17, 15) is 19.7 Å². The normalized spacial score (nSPS) is 22.6. The van der Waals surface area contributed by atoms with Crippen LogP contribution >= 0.6 is 0 Å². The fourth-order valence-electron chi connectivity index (χ4n) is 1.95. The Bertz CT molecular complexity index is 526. The summed E-state index contributed by atoms with van der Waals surface area (Å²) < 4.78 is 4.89. The number of nitro groups is 1. The molecular weight excluding hydrogens is 242 g/mol. The molecule has 1 aromatic rings. The van der Waals surface area contributed by atoms with Gasteiger partial charge in [0.25, 0.3) is 5.69 Å². The third-order valence-corrected chi connectivity index (χ3v) is 2.77. The summed E-state index contributed by atoms with van der Waals surface area (Å²) in [5.74, 6) is -2.95. The zero-order chi connectivity index (χ0) is 13.3. The summed E-state index contributed by atoms with van der Waals surface area (Å²) in [6.07, 6.45) is -1.37. The van der Waals surface area contributed by atoms with Gasteiger partial charge < -0.3 is 9.84 Å². The van der Waals surface area contributed by atoms with Crippen LogP contribution in [-0.4, -0.2) is 22.0 Å². The van der Waals surface area contributed by atoms with E-state index in [-0.39, 0.29) is 17.7 Å². The first-order chi connectivity index (χ1) is 8.50. The first-order valence-electron chi connectivity index (χ1n) is 5.16. The molecule has 1 aromatic carbocycles. The number of rotatable bonds is 3. The fourth-order valence-corrected chi connectivity index (χ4v) is 1.95. The number of esters is 1. The summed E-state index contributed by atoms with van der Waals surface area (Å²) in [5.41, 5.74) is -0.135. The SMILES string of the molecule is O=C1C[C@H](C(=O)O)[C@@H](c2ccccc2[N+](=O)[O-])O1. The molecule has 7 nitrogen and oxygen atoms in total. The van der Waals surface area contributed by atoms with Crippen LogP contribution in [0.3, 0.4) is 0 Å². The topological polar surface area (TPSA) is 107 Å². The summed E-state index contributed by atoms with van der Waals surface area (Å²) in [5, 5.41) is 19.8. The molecule has 1 aliphatic rings. The van der Waals surface area contributed by atoms with Gasteiger partial charge in [-0.3, -0.25) is 19.7 Å². The van der Waals surface area contributed by atoms with Crippen molar-refractivity contribution in [3.63, 3.8) is 0 Å². The van der Waals surface area contributed by atoms with Crippen LogP contribution in [0.4, 0.5) is 5.69 Å². The molecular formula is C11H9NO6. The van der Waals surface area contributed by atoms with E-state index in [4.69, 9.17) is 9.84 Å². The summed E-state index contributed by atoms with van der Waals surface area (Å²) in [7, 11) is 0. The second-order valence-electron chi connectivity index (χ2n) is 3.88. The highest BCUT2D eigenvalue weighted by Gasteiger charge is 2.43. The van der Waals surface area contributed by atoms with Crippen molar-refractivity contribution in [2.45, 2.75) is 12.5 Å². The van der Waals surface area contributed by atoms with E-state index < -0.39 is 28.9 Å².